The van der Waals surface area contributed by atoms with Crippen molar-refractivity contribution < 1.29 is 0 Å². The third kappa shape index (κ3) is 1.74. The van der Waals surface area contributed by atoms with Crippen molar-refractivity contribution in [1.29, 1.82) is 0 Å². The highest BCUT2D eigenvalue weighted by Crippen LogP contribution is 2.35. The van der Waals surface area contributed by atoms with Gasteiger partial charge in [0.2, 0.25) is 0 Å². The number of nitrogens with zero attached hydrogens (tertiary/aromatic N) is 2. The number of rotatable bonds is 3. The number of hydrogen-bond donors (Lipinski definition) is 1. The van der Waals surface area contributed by atoms with Crippen LogP contribution < -0.4 is 5.73 Å². The van der Waals surface area contributed by atoms with E-state index in [-0.39, 0.29) is 0 Å². The Hall–Kier alpha value is -1.61. The maximum absolute atomic E-state index is 5.57. The highest BCUT2D eigenvalue weighted by atomic mass is 15.3. The van der Waals surface area contributed by atoms with Crippen molar-refractivity contribution in [2.24, 2.45) is 5.73 Å². The molecule has 2 aromatic rings. The lowest BCUT2D eigenvalue weighted by atomic mass is 10.1. The van der Waals surface area contributed by atoms with Gasteiger partial charge in [-0.15, -0.1) is 0 Å². The Morgan fingerprint density at radius 1 is 1.19 bits per heavy atom. The summed E-state index contributed by atoms with van der Waals surface area (Å²) in [6.45, 7) is 0.599. The average molecular weight is 213 g/mol. The number of hydrogen-bond acceptors (Lipinski definition) is 2. The van der Waals surface area contributed by atoms with E-state index in [1.165, 1.54) is 29.5 Å². The van der Waals surface area contributed by atoms with Gasteiger partial charge in [-0.3, -0.25) is 4.68 Å². The highest BCUT2D eigenvalue weighted by Gasteiger charge is 2.24. The van der Waals surface area contributed by atoms with E-state index in [4.69, 9.17) is 5.73 Å². The molecule has 2 N–H and O–H groups in total. The van der Waals surface area contributed by atoms with Crippen LogP contribution in [-0.4, -0.2) is 9.78 Å². The van der Waals surface area contributed by atoms with Gasteiger partial charge >= 0.3 is 0 Å². The second kappa shape index (κ2) is 3.76. The molecule has 1 heterocycles. The third-order valence-electron chi connectivity index (χ3n) is 3.05. The first-order valence-corrected chi connectivity index (χ1v) is 5.70. The minimum atomic E-state index is 0.599. The van der Waals surface area contributed by atoms with Crippen LogP contribution >= 0.6 is 0 Å². The fraction of sp³-hybridized carbons (Fsp3) is 0.308. The Bertz CT molecular complexity index is 480. The van der Waals surface area contributed by atoms with Gasteiger partial charge in [-0.05, 0) is 24.0 Å². The summed E-state index contributed by atoms with van der Waals surface area (Å²) in [6.07, 6.45) is 6.62. The molecule has 1 aromatic carbocycles. The lowest BCUT2D eigenvalue weighted by Gasteiger charge is -1.99. The molecule has 0 spiro atoms. The molecule has 0 atom stereocenters. The van der Waals surface area contributed by atoms with E-state index in [1.54, 1.807) is 0 Å². The maximum Gasteiger partial charge on any atom is 0.0568 e. The quantitative estimate of drug-likeness (QED) is 0.850. The van der Waals surface area contributed by atoms with Crippen LogP contribution in [0.5, 0.6) is 0 Å². The van der Waals surface area contributed by atoms with Crippen molar-refractivity contribution in [1.82, 2.24) is 9.78 Å². The molecule has 0 amide bonds. The smallest absolute Gasteiger partial charge is 0.0568 e. The second-order valence-electron chi connectivity index (χ2n) is 4.34. The van der Waals surface area contributed by atoms with Crippen LogP contribution in [-0.2, 0) is 6.54 Å². The molecule has 1 saturated carbocycles. The molecule has 1 aromatic heterocycles. The molecule has 16 heavy (non-hydrogen) atoms. The van der Waals surface area contributed by atoms with Crippen LogP contribution in [0.3, 0.4) is 0 Å². The van der Waals surface area contributed by atoms with Crippen molar-refractivity contribution in [2.45, 2.75) is 25.4 Å². The summed E-state index contributed by atoms with van der Waals surface area (Å²) < 4.78 is 2.08. The first-order chi connectivity index (χ1) is 7.86. The second-order valence-corrected chi connectivity index (χ2v) is 4.34. The number of nitrogens with two attached hydrogens (primary N) is 1. The van der Waals surface area contributed by atoms with E-state index in [9.17, 15) is 0 Å². The summed E-state index contributed by atoms with van der Waals surface area (Å²) in [5.74, 6) is 0. The standard InChI is InChI=1S/C13H15N3/c14-7-10-1-3-11(4-2-10)12-8-15-16(9-12)13-5-6-13/h1-4,8-9,13H,5-7,14H2. The molecule has 1 aliphatic carbocycles. The van der Waals surface area contributed by atoms with E-state index < -0.39 is 0 Å². The fourth-order valence-electron chi connectivity index (χ4n) is 1.86. The van der Waals surface area contributed by atoms with E-state index >= 15 is 0 Å². The summed E-state index contributed by atoms with van der Waals surface area (Å²) in [7, 11) is 0. The van der Waals surface area contributed by atoms with Gasteiger partial charge < -0.3 is 5.73 Å². The lowest BCUT2D eigenvalue weighted by Crippen LogP contribution is -1.95. The van der Waals surface area contributed by atoms with Crippen LogP contribution in [0, 0.1) is 0 Å². The zero-order valence-electron chi connectivity index (χ0n) is 9.13. The molecule has 0 unspecified atom stereocenters. The first-order valence-electron chi connectivity index (χ1n) is 5.70. The van der Waals surface area contributed by atoms with Gasteiger partial charge in [0.15, 0.2) is 0 Å². The molecule has 0 bridgehead atoms. The molecule has 1 aliphatic rings. The van der Waals surface area contributed by atoms with Crippen molar-refractivity contribution in [3.05, 3.63) is 42.2 Å². The summed E-state index contributed by atoms with van der Waals surface area (Å²) in [4.78, 5) is 0. The van der Waals surface area contributed by atoms with Crippen LogP contribution in [0.4, 0.5) is 0 Å². The number of benzene rings is 1. The highest BCUT2D eigenvalue weighted by molar-refractivity contribution is 5.61. The summed E-state index contributed by atoms with van der Waals surface area (Å²) in [6, 6.07) is 9.01. The SMILES string of the molecule is NCc1ccc(-c2cnn(C3CC3)c2)cc1. The third-order valence-corrected chi connectivity index (χ3v) is 3.05. The molecule has 3 heteroatoms. The average Bonchev–Trinajstić information content (AvgIpc) is 3.08. The molecule has 82 valence electrons. The predicted molar refractivity (Wildman–Crippen MR) is 63.8 cm³/mol. The monoisotopic (exact) mass is 213 g/mol. The Kier molecular flexibility index (Phi) is 2.26. The topological polar surface area (TPSA) is 43.8 Å². The van der Waals surface area contributed by atoms with Crippen molar-refractivity contribution in [3.63, 3.8) is 0 Å². The van der Waals surface area contributed by atoms with E-state index in [0.717, 1.165) is 0 Å². The minimum absolute atomic E-state index is 0.599. The van der Waals surface area contributed by atoms with Crippen molar-refractivity contribution in [3.8, 4) is 11.1 Å². The van der Waals surface area contributed by atoms with Crippen LogP contribution in [0.1, 0.15) is 24.4 Å². The Labute approximate surface area is 94.9 Å². The molecular weight excluding hydrogens is 198 g/mol. The summed E-state index contributed by atoms with van der Waals surface area (Å²) >= 11 is 0. The Morgan fingerprint density at radius 3 is 2.56 bits per heavy atom. The van der Waals surface area contributed by atoms with Gasteiger partial charge in [0.05, 0.1) is 12.2 Å². The fourth-order valence-corrected chi connectivity index (χ4v) is 1.86. The van der Waals surface area contributed by atoms with E-state index in [1.807, 2.05) is 6.20 Å². The zero-order valence-corrected chi connectivity index (χ0v) is 9.13. The van der Waals surface area contributed by atoms with Crippen LogP contribution in [0.15, 0.2) is 36.7 Å². The van der Waals surface area contributed by atoms with Gasteiger partial charge in [0.1, 0.15) is 0 Å². The summed E-state index contributed by atoms with van der Waals surface area (Å²) in [5.41, 5.74) is 9.14. The molecular formula is C13H15N3. The number of aromatic nitrogens is 2. The Balaban J connectivity index is 1.88. The lowest BCUT2D eigenvalue weighted by molar-refractivity contribution is 0.642. The molecule has 0 radical (unpaired) electrons. The van der Waals surface area contributed by atoms with Gasteiger partial charge in [0.25, 0.3) is 0 Å². The van der Waals surface area contributed by atoms with Crippen LogP contribution in [0.25, 0.3) is 11.1 Å². The Morgan fingerprint density at radius 2 is 1.94 bits per heavy atom. The molecule has 0 saturated heterocycles. The predicted octanol–water partition coefficient (Wildman–Crippen LogP) is 2.34. The van der Waals surface area contributed by atoms with Gasteiger partial charge in [-0.2, -0.15) is 5.10 Å². The molecule has 3 rings (SSSR count). The van der Waals surface area contributed by atoms with Gasteiger partial charge in [-0.25, -0.2) is 0 Å². The normalized spacial score (nSPS) is 15.3. The maximum atomic E-state index is 5.57. The van der Waals surface area contributed by atoms with Crippen molar-refractivity contribution in [2.75, 3.05) is 0 Å². The van der Waals surface area contributed by atoms with Gasteiger partial charge in [0, 0.05) is 18.3 Å². The zero-order chi connectivity index (χ0) is 11.0. The van der Waals surface area contributed by atoms with Crippen molar-refractivity contribution >= 4 is 0 Å². The molecule has 1 fully saturated rings. The summed E-state index contributed by atoms with van der Waals surface area (Å²) in [5, 5.41) is 4.39. The molecule has 3 nitrogen and oxygen atoms in total. The van der Waals surface area contributed by atoms with E-state index in [2.05, 4.69) is 40.2 Å². The van der Waals surface area contributed by atoms with Gasteiger partial charge in [-0.1, -0.05) is 24.3 Å². The largest absolute Gasteiger partial charge is 0.326 e. The van der Waals surface area contributed by atoms with E-state index in [0.29, 0.717) is 12.6 Å². The molecule has 0 aliphatic heterocycles. The minimum Gasteiger partial charge on any atom is -0.326 e. The van der Waals surface area contributed by atoms with Crippen LogP contribution in [0.2, 0.25) is 0 Å². The first kappa shape index (κ1) is 9.60.